The first-order valence-electron chi connectivity index (χ1n) is 6.20. The van der Waals surface area contributed by atoms with Crippen LogP contribution in [0.15, 0.2) is 47.3 Å². The van der Waals surface area contributed by atoms with Crippen molar-refractivity contribution in [2.75, 3.05) is 19.0 Å². The van der Waals surface area contributed by atoms with Crippen LogP contribution in [0.3, 0.4) is 0 Å². The molecule has 0 spiro atoms. The molecule has 0 aliphatic heterocycles. The Morgan fingerprint density at radius 1 is 1.21 bits per heavy atom. The van der Waals surface area contributed by atoms with Gasteiger partial charge in [-0.3, -0.25) is 4.79 Å². The Morgan fingerprint density at radius 3 is 2.74 bits per heavy atom. The van der Waals surface area contributed by atoms with E-state index >= 15 is 0 Å². The highest BCUT2D eigenvalue weighted by atomic mass is 16.5. The molecule has 0 saturated heterocycles. The van der Waals surface area contributed by atoms with Crippen molar-refractivity contribution in [1.82, 2.24) is 9.78 Å². The van der Waals surface area contributed by atoms with Crippen molar-refractivity contribution >= 4 is 5.69 Å². The lowest BCUT2D eigenvalue weighted by Gasteiger charge is -2.08. The van der Waals surface area contributed by atoms with Crippen molar-refractivity contribution < 1.29 is 4.74 Å². The summed E-state index contributed by atoms with van der Waals surface area (Å²) in [5, 5.41) is 7.38. The van der Waals surface area contributed by atoms with E-state index in [2.05, 4.69) is 10.4 Å². The maximum absolute atomic E-state index is 11.6. The van der Waals surface area contributed by atoms with Crippen molar-refractivity contribution in [3.63, 3.8) is 0 Å². The van der Waals surface area contributed by atoms with Crippen LogP contribution < -0.4 is 15.6 Å². The summed E-state index contributed by atoms with van der Waals surface area (Å²) in [6.07, 6.45) is 0.814. The average Bonchev–Trinajstić information content (AvgIpc) is 2.46. The van der Waals surface area contributed by atoms with Crippen LogP contribution in [0, 0.1) is 0 Å². The van der Waals surface area contributed by atoms with Gasteiger partial charge in [-0.15, -0.1) is 5.10 Å². The van der Waals surface area contributed by atoms with Gasteiger partial charge in [0.1, 0.15) is 0 Å². The van der Waals surface area contributed by atoms with E-state index in [0.717, 1.165) is 18.7 Å². The summed E-state index contributed by atoms with van der Waals surface area (Å²) in [6, 6.07) is 13.0. The normalized spacial score (nSPS) is 10.2. The molecule has 0 radical (unpaired) electrons. The first-order valence-corrected chi connectivity index (χ1v) is 6.20. The summed E-state index contributed by atoms with van der Waals surface area (Å²) < 4.78 is 6.42. The highest BCUT2D eigenvalue weighted by Crippen LogP contribution is 2.05. The van der Waals surface area contributed by atoms with E-state index in [1.54, 1.807) is 6.07 Å². The zero-order valence-corrected chi connectivity index (χ0v) is 10.9. The second-order valence-electron chi connectivity index (χ2n) is 4.08. The summed E-state index contributed by atoms with van der Waals surface area (Å²) in [5.74, 6) is 0.454. The van der Waals surface area contributed by atoms with Crippen molar-refractivity contribution in [2.24, 2.45) is 0 Å². The van der Waals surface area contributed by atoms with E-state index in [9.17, 15) is 4.79 Å². The van der Waals surface area contributed by atoms with Crippen LogP contribution in [0.4, 0.5) is 5.69 Å². The van der Waals surface area contributed by atoms with Crippen LogP contribution in [0.2, 0.25) is 0 Å². The predicted octanol–water partition coefficient (Wildman–Crippen LogP) is 1.75. The number of hydrogen-bond acceptors (Lipinski definition) is 4. The second-order valence-corrected chi connectivity index (χ2v) is 4.08. The van der Waals surface area contributed by atoms with Crippen LogP contribution in [0.1, 0.15) is 6.42 Å². The van der Waals surface area contributed by atoms with Crippen molar-refractivity contribution in [2.45, 2.75) is 13.0 Å². The van der Waals surface area contributed by atoms with Gasteiger partial charge in [0, 0.05) is 30.9 Å². The standard InChI is InChI=1S/C14H17N3O2/c1-19-13-8-9-14(18)17(16-13)11-5-10-15-12-6-3-2-4-7-12/h2-4,6-9,15H,5,10-11H2,1H3. The minimum Gasteiger partial charge on any atom is -0.480 e. The molecule has 2 aromatic rings. The Labute approximate surface area is 111 Å². The molecule has 1 aromatic carbocycles. The molecule has 1 aromatic heterocycles. The third kappa shape index (κ3) is 3.84. The molecule has 0 fully saturated rings. The number of nitrogens with zero attached hydrogens (tertiary/aromatic N) is 2. The highest BCUT2D eigenvalue weighted by Gasteiger charge is 2.00. The van der Waals surface area contributed by atoms with E-state index < -0.39 is 0 Å². The van der Waals surface area contributed by atoms with Crippen molar-refractivity contribution in [3.8, 4) is 5.88 Å². The number of aromatic nitrogens is 2. The Hall–Kier alpha value is -2.30. The van der Waals surface area contributed by atoms with Gasteiger partial charge in [-0.05, 0) is 18.6 Å². The highest BCUT2D eigenvalue weighted by molar-refractivity contribution is 5.42. The van der Waals surface area contributed by atoms with Gasteiger partial charge in [-0.25, -0.2) is 4.68 Å². The molecule has 5 nitrogen and oxygen atoms in total. The number of aryl methyl sites for hydroxylation is 1. The Kier molecular flexibility index (Phi) is 4.55. The van der Waals surface area contributed by atoms with E-state index in [4.69, 9.17) is 4.74 Å². The maximum Gasteiger partial charge on any atom is 0.266 e. The van der Waals surface area contributed by atoms with E-state index in [0.29, 0.717) is 12.4 Å². The van der Waals surface area contributed by atoms with Gasteiger partial charge in [0.2, 0.25) is 5.88 Å². The van der Waals surface area contributed by atoms with Gasteiger partial charge in [0.25, 0.3) is 5.56 Å². The minimum absolute atomic E-state index is 0.111. The molecule has 0 amide bonds. The molecule has 1 heterocycles. The second kappa shape index (κ2) is 6.58. The number of nitrogens with one attached hydrogen (secondary N) is 1. The fourth-order valence-corrected chi connectivity index (χ4v) is 1.72. The first kappa shape index (κ1) is 13.1. The molecular weight excluding hydrogens is 242 g/mol. The molecule has 0 aliphatic rings. The molecular formula is C14H17N3O2. The summed E-state index contributed by atoms with van der Waals surface area (Å²) in [5.41, 5.74) is 0.967. The third-order valence-electron chi connectivity index (χ3n) is 2.70. The number of methoxy groups -OCH3 is 1. The molecule has 5 heteroatoms. The number of para-hydroxylation sites is 1. The van der Waals surface area contributed by atoms with Gasteiger partial charge < -0.3 is 10.1 Å². The molecule has 0 saturated carbocycles. The predicted molar refractivity (Wildman–Crippen MR) is 74.6 cm³/mol. The number of hydrogen-bond donors (Lipinski definition) is 1. The molecule has 0 unspecified atom stereocenters. The van der Waals surface area contributed by atoms with Crippen molar-refractivity contribution in [1.29, 1.82) is 0 Å². The summed E-state index contributed by atoms with van der Waals surface area (Å²) in [6.45, 7) is 1.35. The fourth-order valence-electron chi connectivity index (χ4n) is 1.72. The average molecular weight is 259 g/mol. The quantitative estimate of drug-likeness (QED) is 0.803. The first-order chi connectivity index (χ1) is 9.29. The molecule has 0 bridgehead atoms. The van der Waals surface area contributed by atoms with Crippen LogP contribution in [-0.2, 0) is 6.54 Å². The third-order valence-corrected chi connectivity index (χ3v) is 2.70. The van der Waals surface area contributed by atoms with E-state index in [1.165, 1.54) is 17.9 Å². The van der Waals surface area contributed by atoms with Crippen molar-refractivity contribution in [3.05, 3.63) is 52.8 Å². The molecule has 2 rings (SSSR count). The van der Waals surface area contributed by atoms with Gasteiger partial charge in [-0.1, -0.05) is 18.2 Å². The number of benzene rings is 1. The molecule has 1 N–H and O–H groups in total. The lowest BCUT2D eigenvalue weighted by Crippen LogP contribution is -2.23. The molecule has 19 heavy (non-hydrogen) atoms. The summed E-state index contributed by atoms with van der Waals surface area (Å²) >= 11 is 0. The van der Waals surface area contributed by atoms with Gasteiger partial charge >= 0.3 is 0 Å². The largest absolute Gasteiger partial charge is 0.480 e. The maximum atomic E-state index is 11.6. The summed E-state index contributed by atoms with van der Waals surface area (Å²) in [7, 11) is 1.54. The number of rotatable bonds is 6. The lowest BCUT2D eigenvalue weighted by molar-refractivity contribution is 0.374. The Bertz CT molecular complexity index is 566. The number of ether oxygens (including phenoxy) is 1. The molecule has 100 valence electrons. The smallest absolute Gasteiger partial charge is 0.266 e. The fraction of sp³-hybridized carbons (Fsp3) is 0.286. The Morgan fingerprint density at radius 2 is 2.00 bits per heavy atom. The van der Waals surface area contributed by atoms with Crippen LogP contribution in [-0.4, -0.2) is 23.4 Å². The Balaban J connectivity index is 1.84. The van der Waals surface area contributed by atoms with E-state index in [1.807, 2.05) is 30.3 Å². The van der Waals surface area contributed by atoms with Gasteiger partial charge in [-0.2, -0.15) is 0 Å². The van der Waals surface area contributed by atoms with Gasteiger partial charge in [0.05, 0.1) is 7.11 Å². The van der Waals surface area contributed by atoms with Crippen LogP contribution in [0.25, 0.3) is 0 Å². The molecule has 0 aliphatic carbocycles. The van der Waals surface area contributed by atoms with E-state index in [-0.39, 0.29) is 5.56 Å². The molecule has 0 atom stereocenters. The minimum atomic E-state index is -0.111. The van der Waals surface area contributed by atoms with Crippen LogP contribution in [0.5, 0.6) is 5.88 Å². The summed E-state index contributed by atoms with van der Waals surface area (Å²) in [4.78, 5) is 11.6. The van der Waals surface area contributed by atoms with Gasteiger partial charge in [0.15, 0.2) is 0 Å². The van der Waals surface area contributed by atoms with Crippen LogP contribution >= 0.6 is 0 Å². The number of anilines is 1. The monoisotopic (exact) mass is 259 g/mol. The SMILES string of the molecule is COc1ccc(=O)n(CCCNc2ccccc2)n1. The topological polar surface area (TPSA) is 56.1 Å². The lowest BCUT2D eigenvalue weighted by atomic mass is 10.3. The zero-order chi connectivity index (χ0) is 13.5. The zero-order valence-electron chi connectivity index (χ0n) is 10.9.